The quantitative estimate of drug-likeness (QED) is 0.371. The molecule has 0 saturated heterocycles. The minimum absolute atomic E-state index is 0.157. The first-order valence-corrected chi connectivity index (χ1v) is 10.2. The standard InChI is InChI=1S/C24H30N4O2/c1-17-9-7-11-21(15-17)19(3)25-27-23(29)13-5-6-14-24(30)28-26-20(4)22-12-8-10-18(2)16-22/h7-12,15-16H,5-6,13-14H2,1-4H3,(H,27,29)(H,28,30)/b25-19+,26-20+. The summed E-state index contributed by atoms with van der Waals surface area (Å²) in [6.45, 7) is 7.75. The fraction of sp³-hybridized carbons (Fsp3) is 0.333. The molecule has 0 heterocycles. The number of hydrazone groups is 2. The Morgan fingerprint density at radius 2 is 1.13 bits per heavy atom. The summed E-state index contributed by atoms with van der Waals surface area (Å²) in [5.74, 6) is -0.313. The molecule has 30 heavy (non-hydrogen) atoms. The van der Waals surface area contributed by atoms with Gasteiger partial charge in [0.2, 0.25) is 11.8 Å². The molecule has 158 valence electrons. The highest BCUT2D eigenvalue weighted by Crippen LogP contribution is 2.06. The van der Waals surface area contributed by atoms with Crippen LogP contribution in [0.3, 0.4) is 0 Å². The number of rotatable bonds is 9. The van der Waals surface area contributed by atoms with Gasteiger partial charge in [0.1, 0.15) is 0 Å². The van der Waals surface area contributed by atoms with Crippen molar-refractivity contribution >= 4 is 23.2 Å². The van der Waals surface area contributed by atoms with Crippen molar-refractivity contribution in [3.8, 4) is 0 Å². The maximum atomic E-state index is 11.9. The summed E-state index contributed by atoms with van der Waals surface area (Å²) in [5.41, 5.74) is 10.9. The largest absolute Gasteiger partial charge is 0.273 e. The number of nitrogens with one attached hydrogen (secondary N) is 2. The molecule has 2 amide bonds. The predicted octanol–water partition coefficient (Wildman–Crippen LogP) is 4.24. The third kappa shape index (κ3) is 7.99. The van der Waals surface area contributed by atoms with Crippen LogP contribution < -0.4 is 10.9 Å². The average molecular weight is 407 g/mol. The molecule has 2 aromatic carbocycles. The van der Waals surface area contributed by atoms with Crippen LogP contribution in [0.1, 0.15) is 61.8 Å². The molecule has 2 N–H and O–H groups in total. The van der Waals surface area contributed by atoms with E-state index in [1.807, 2.05) is 76.2 Å². The van der Waals surface area contributed by atoms with Crippen molar-refractivity contribution in [3.05, 3.63) is 70.8 Å². The summed E-state index contributed by atoms with van der Waals surface area (Å²) in [6, 6.07) is 15.9. The topological polar surface area (TPSA) is 82.9 Å². The van der Waals surface area contributed by atoms with E-state index < -0.39 is 0 Å². The monoisotopic (exact) mass is 406 g/mol. The van der Waals surface area contributed by atoms with Gasteiger partial charge in [0.15, 0.2) is 0 Å². The molecule has 6 heteroatoms. The zero-order valence-corrected chi connectivity index (χ0v) is 18.2. The summed E-state index contributed by atoms with van der Waals surface area (Å²) in [5, 5.41) is 8.31. The molecule has 0 radical (unpaired) electrons. The Kier molecular flexibility index (Phi) is 8.94. The van der Waals surface area contributed by atoms with Crippen LogP contribution >= 0.6 is 0 Å². The number of amides is 2. The van der Waals surface area contributed by atoms with Crippen LogP contribution in [0, 0.1) is 13.8 Å². The van der Waals surface area contributed by atoms with E-state index in [4.69, 9.17) is 0 Å². The predicted molar refractivity (Wildman–Crippen MR) is 122 cm³/mol. The van der Waals surface area contributed by atoms with Crippen molar-refractivity contribution < 1.29 is 9.59 Å². The van der Waals surface area contributed by atoms with Gasteiger partial charge in [-0.25, -0.2) is 10.9 Å². The first-order valence-electron chi connectivity index (χ1n) is 10.2. The van der Waals surface area contributed by atoms with Gasteiger partial charge in [-0.05, 0) is 51.7 Å². The molecule has 0 saturated carbocycles. The Hall–Kier alpha value is -3.28. The van der Waals surface area contributed by atoms with Gasteiger partial charge < -0.3 is 0 Å². The minimum Gasteiger partial charge on any atom is -0.273 e. The molecular formula is C24H30N4O2. The molecule has 0 aliphatic rings. The van der Waals surface area contributed by atoms with Crippen molar-refractivity contribution in [3.63, 3.8) is 0 Å². The highest BCUT2D eigenvalue weighted by molar-refractivity contribution is 6.00. The van der Waals surface area contributed by atoms with E-state index in [9.17, 15) is 9.59 Å². The van der Waals surface area contributed by atoms with Gasteiger partial charge >= 0.3 is 0 Å². The molecule has 0 aromatic heterocycles. The molecule has 2 aromatic rings. The second-order valence-electron chi connectivity index (χ2n) is 7.41. The van der Waals surface area contributed by atoms with Crippen molar-refractivity contribution in [2.24, 2.45) is 10.2 Å². The number of nitrogens with zero attached hydrogens (tertiary/aromatic N) is 2. The van der Waals surface area contributed by atoms with Crippen LogP contribution in [0.2, 0.25) is 0 Å². The maximum Gasteiger partial charge on any atom is 0.240 e. The van der Waals surface area contributed by atoms with E-state index in [1.165, 1.54) is 0 Å². The van der Waals surface area contributed by atoms with E-state index in [0.717, 1.165) is 33.7 Å². The van der Waals surface area contributed by atoms with Crippen molar-refractivity contribution in [2.45, 2.75) is 53.4 Å². The lowest BCUT2D eigenvalue weighted by Crippen LogP contribution is -2.20. The average Bonchev–Trinajstić information content (AvgIpc) is 2.73. The number of carbonyl (C=O) groups is 2. The molecular weight excluding hydrogens is 376 g/mol. The van der Waals surface area contributed by atoms with Crippen LogP contribution in [0.4, 0.5) is 0 Å². The fourth-order valence-electron chi connectivity index (χ4n) is 2.84. The van der Waals surface area contributed by atoms with E-state index in [-0.39, 0.29) is 11.8 Å². The lowest BCUT2D eigenvalue weighted by atomic mass is 10.1. The van der Waals surface area contributed by atoms with Gasteiger partial charge in [-0.15, -0.1) is 0 Å². The van der Waals surface area contributed by atoms with E-state index in [0.29, 0.717) is 25.7 Å². The molecule has 6 nitrogen and oxygen atoms in total. The van der Waals surface area contributed by atoms with Crippen LogP contribution in [0.5, 0.6) is 0 Å². The first-order chi connectivity index (χ1) is 14.3. The maximum absolute atomic E-state index is 11.9. The summed E-state index contributed by atoms with van der Waals surface area (Å²) >= 11 is 0. The lowest BCUT2D eigenvalue weighted by Gasteiger charge is -2.05. The zero-order valence-electron chi connectivity index (χ0n) is 18.2. The van der Waals surface area contributed by atoms with E-state index in [2.05, 4.69) is 21.1 Å². The Morgan fingerprint density at radius 1 is 0.733 bits per heavy atom. The van der Waals surface area contributed by atoms with Crippen molar-refractivity contribution in [1.29, 1.82) is 0 Å². The third-order valence-corrected chi connectivity index (χ3v) is 4.63. The van der Waals surface area contributed by atoms with Gasteiger partial charge in [0, 0.05) is 12.8 Å². The molecule has 0 aliphatic heterocycles. The number of hydrogen-bond acceptors (Lipinski definition) is 4. The van der Waals surface area contributed by atoms with Gasteiger partial charge in [-0.1, -0.05) is 59.7 Å². The second kappa shape index (κ2) is 11.7. The zero-order chi connectivity index (χ0) is 21.9. The second-order valence-corrected chi connectivity index (χ2v) is 7.41. The van der Waals surface area contributed by atoms with Crippen LogP contribution in [-0.4, -0.2) is 23.2 Å². The summed E-state index contributed by atoms with van der Waals surface area (Å²) in [7, 11) is 0. The van der Waals surface area contributed by atoms with E-state index >= 15 is 0 Å². The SMILES string of the molecule is C/C(=N\NC(=O)CCCCC(=O)N/N=C(\C)c1cccc(C)c1)c1cccc(C)c1. The minimum atomic E-state index is -0.157. The molecule has 0 aliphatic carbocycles. The first kappa shape index (κ1) is 23.0. The summed E-state index contributed by atoms with van der Waals surface area (Å²) < 4.78 is 0. The Labute approximate surface area is 178 Å². The van der Waals surface area contributed by atoms with Gasteiger partial charge in [-0.3, -0.25) is 9.59 Å². The normalized spacial score (nSPS) is 11.9. The number of hydrogen-bond donors (Lipinski definition) is 2. The molecule has 0 unspecified atom stereocenters. The number of benzene rings is 2. The molecule has 0 fully saturated rings. The smallest absolute Gasteiger partial charge is 0.240 e. The Morgan fingerprint density at radius 3 is 1.50 bits per heavy atom. The highest BCUT2D eigenvalue weighted by atomic mass is 16.2. The molecule has 2 rings (SSSR count). The van der Waals surface area contributed by atoms with Gasteiger partial charge in [-0.2, -0.15) is 10.2 Å². The Bertz CT molecular complexity index is 870. The molecule has 0 bridgehead atoms. The van der Waals surface area contributed by atoms with Crippen molar-refractivity contribution in [2.75, 3.05) is 0 Å². The van der Waals surface area contributed by atoms with E-state index in [1.54, 1.807) is 0 Å². The Balaban J connectivity index is 1.67. The van der Waals surface area contributed by atoms with Crippen LogP contribution in [0.25, 0.3) is 0 Å². The number of carbonyl (C=O) groups excluding carboxylic acids is 2. The molecule has 0 spiro atoms. The van der Waals surface area contributed by atoms with Crippen LogP contribution in [0.15, 0.2) is 58.7 Å². The van der Waals surface area contributed by atoms with Gasteiger partial charge in [0.25, 0.3) is 0 Å². The number of unbranched alkanes of at least 4 members (excludes halogenated alkanes) is 1. The summed E-state index contributed by atoms with van der Waals surface area (Å²) in [6.07, 6.45) is 1.87. The third-order valence-electron chi connectivity index (χ3n) is 4.63. The highest BCUT2D eigenvalue weighted by Gasteiger charge is 2.05. The fourth-order valence-corrected chi connectivity index (χ4v) is 2.84. The lowest BCUT2D eigenvalue weighted by molar-refractivity contribution is -0.123. The van der Waals surface area contributed by atoms with Crippen molar-refractivity contribution in [1.82, 2.24) is 10.9 Å². The van der Waals surface area contributed by atoms with Crippen LogP contribution in [-0.2, 0) is 9.59 Å². The molecule has 0 atom stereocenters. The van der Waals surface area contributed by atoms with Gasteiger partial charge in [0.05, 0.1) is 11.4 Å². The summed E-state index contributed by atoms with van der Waals surface area (Å²) in [4.78, 5) is 23.9. The number of aryl methyl sites for hydroxylation is 2.